The lowest BCUT2D eigenvalue weighted by molar-refractivity contribution is -0.137. The zero-order chi connectivity index (χ0) is 20.3. The first-order valence-electron chi connectivity index (χ1n) is 9.46. The number of rotatable bonds is 5. The number of carbonyl (C=O) groups is 1. The number of piperidine rings is 1. The summed E-state index contributed by atoms with van der Waals surface area (Å²) in [7, 11) is 0. The number of carbonyl (C=O) groups excluding carboxylic acids is 1. The third-order valence-corrected chi connectivity index (χ3v) is 6.13. The van der Waals surface area contributed by atoms with E-state index in [-0.39, 0.29) is 11.9 Å². The van der Waals surface area contributed by atoms with Gasteiger partial charge in [-0.3, -0.25) is 4.79 Å². The molecule has 0 saturated carbocycles. The molecule has 0 radical (unpaired) electrons. The van der Waals surface area contributed by atoms with Crippen molar-refractivity contribution in [3.8, 4) is 10.6 Å². The molecule has 0 unspecified atom stereocenters. The molecule has 1 aromatic carbocycles. The van der Waals surface area contributed by atoms with Crippen LogP contribution in [0.5, 0.6) is 0 Å². The maximum absolute atomic E-state index is 12.7. The van der Waals surface area contributed by atoms with Gasteiger partial charge < -0.3 is 10.2 Å². The van der Waals surface area contributed by atoms with Crippen LogP contribution in [-0.2, 0) is 6.18 Å². The second kappa shape index (κ2) is 8.61. The maximum atomic E-state index is 12.7. The van der Waals surface area contributed by atoms with Gasteiger partial charge in [-0.2, -0.15) is 13.2 Å². The van der Waals surface area contributed by atoms with Gasteiger partial charge in [0.2, 0.25) is 0 Å². The van der Waals surface area contributed by atoms with Crippen LogP contribution >= 0.6 is 11.3 Å². The van der Waals surface area contributed by atoms with Gasteiger partial charge >= 0.3 is 6.18 Å². The first-order chi connectivity index (χ1) is 13.3. The number of alkyl halides is 3. The van der Waals surface area contributed by atoms with Crippen LogP contribution in [0.2, 0.25) is 0 Å². The van der Waals surface area contributed by atoms with E-state index < -0.39 is 11.7 Å². The van der Waals surface area contributed by atoms with Crippen molar-refractivity contribution in [3.63, 3.8) is 0 Å². The fraction of sp³-hybridized carbons (Fsp3) is 0.500. The molecule has 1 N–H and O–H groups in total. The zero-order valence-electron chi connectivity index (χ0n) is 16.0. The van der Waals surface area contributed by atoms with E-state index in [1.165, 1.54) is 23.5 Å². The molecular weight excluding hydrogens is 387 g/mol. The van der Waals surface area contributed by atoms with Crippen molar-refractivity contribution < 1.29 is 18.0 Å². The number of nitrogens with one attached hydrogen (secondary N) is 1. The summed E-state index contributed by atoms with van der Waals surface area (Å²) in [4.78, 5) is 20.0. The lowest BCUT2D eigenvalue weighted by Crippen LogP contribution is -2.44. The fourth-order valence-electron chi connectivity index (χ4n) is 3.40. The minimum Gasteiger partial charge on any atom is -0.348 e. The van der Waals surface area contributed by atoms with Gasteiger partial charge in [0, 0.05) is 24.7 Å². The molecule has 8 heteroatoms. The molecule has 0 spiro atoms. The summed E-state index contributed by atoms with van der Waals surface area (Å²) in [5, 5.41) is 3.64. The number of hydrogen-bond donors (Lipinski definition) is 1. The number of thiazole rings is 1. The predicted molar refractivity (Wildman–Crippen MR) is 105 cm³/mol. The molecule has 28 heavy (non-hydrogen) atoms. The Bertz CT molecular complexity index is 809. The number of likely N-dealkylation sites (tertiary alicyclic amines) is 1. The Balaban J connectivity index is 1.66. The van der Waals surface area contributed by atoms with Crippen molar-refractivity contribution in [2.45, 2.75) is 45.3 Å². The van der Waals surface area contributed by atoms with Crippen LogP contribution in [0, 0.1) is 6.92 Å². The summed E-state index contributed by atoms with van der Waals surface area (Å²) in [6.45, 7) is 6.97. The lowest BCUT2D eigenvalue weighted by atomic mass is 10.0. The number of halogens is 3. The maximum Gasteiger partial charge on any atom is 0.416 e. The summed E-state index contributed by atoms with van der Waals surface area (Å²) >= 11 is 1.22. The van der Waals surface area contributed by atoms with Crippen molar-refractivity contribution in [2.75, 3.05) is 19.6 Å². The number of amides is 1. The van der Waals surface area contributed by atoms with Crippen LogP contribution in [0.1, 0.15) is 47.1 Å². The Hall–Kier alpha value is -1.93. The molecule has 2 heterocycles. The van der Waals surface area contributed by atoms with E-state index in [0.717, 1.165) is 51.0 Å². The smallest absolute Gasteiger partial charge is 0.348 e. The monoisotopic (exact) mass is 411 g/mol. The van der Waals surface area contributed by atoms with Crippen molar-refractivity contribution in [2.24, 2.45) is 0 Å². The molecule has 1 saturated heterocycles. The molecule has 152 valence electrons. The Kier molecular flexibility index (Phi) is 6.40. The summed E-state index contributed by atoms with van der Waals surface area (Å²) in [6.07, 6.45) is -1.39. The average molecular weight is 411 g/mol. The standard InChI is InChI=1S/C20H24F3N3OS/c1-3-10-26-11-8-16(9-12-26)25-18(27)17-13(2)24-19(28-17)14-4-6-15(7-5-14)20(21,22)23/h4-7,16H,3,8-12H2,1-2H3,(H,25,27). The average Bonchev–Trinajstić information content (AvgIpc) is 3.05. The highest BCUT2D eigenvalue weighted by atomic mass is 32.1. The lowest BCUT2D eigenvalue weighted by Gasteiger charge is -2.31. The summed E-state index contributed by atoms with van der Waals surface area (Å²) in [5.74, 6) is -0.151. The van der Waals surface area contributed by atoms with E-state index in [4.69, 9.17) is 0 Å². The third kappa shape index (κ3) is 4.91. The van der Waals surface area contributed by atoms with Crippen molar-refractivity contribution in [1.29, 1.82) is 0 Å². The summed E-state index contributed by atoms with van der Waals surface area (Å²) < 4.78 is 38.2. The first kappa shape index (κ1) is 20.8. The molecule has 4 nitrogen and oxygen atoms in total. The molecule has 3 rings (SSSR count). The highest BCUT2D eigenvalue weighted by Gasteiger charge is 2.30. The molecule has 1 aliphatic heterocycles. The zero-order valence-corrected chi connectivity index (χ0v) is 16.8. The van der Waals surface area contributed by atoms with Gasteiger partial charge in [-0.1, -0.05) is 19.1 Å². The van der Waals surface area contributed by atoms with Gasteiger partial charge in [0.05, 0.1) is 11.3 Å². The molecule has 0 bridgehead atoms. The van der Waals surface area contributed by atoms with E-state index in [9.17, 15) is 18.0 Å². The Morgan fingerprint density at radius 3 is 2.46 bits per heavy atom. The first-order valence-corrected chi connectivity index (χ1v) is 10.3. The van der Waals surface area contributed by atoms with Gasteiger partial charge in [-0.25, -0.2) is 4.98 Å². The molecule has 1 fully saturated rings. The number of benzene rings is 1. The van der Waals surface area contributed by atoms with Crippen molar-refractivity contribution >= 4 is 17.2 Å². The number of nitrogens with zero attached hydrogens (tertiary/aromatic N) is 2. The highest BCUT2D eigenvalue weighted by Crippen LogP contribution is 2.33. The Labute approximate surface area is 166 Å². The van der Waals surface area contributed by atoms with E-state index >= 15 is 0 Å². The van der Waals surface area contributed by atoms with Crippen LogP contribution in [-0.4, -0.2) is 41.5 Å². The molecule has 2 aromatic rings. The summed E-state index contributed by atoms with van der Waals surface area (Å²) in [5.41, 5.74) is 0.478. The molecule has 0 atom stereocenters. The quantitative estimate of drug-likeness (QED) is 0.773. The third-order valence-electron chi connectivity index (χ3n) is 4.92. The van der Waals surface area contributed by atoms with E-state index in [1.807, 2.05) is 0 Å². The number of aryl methyl sites for hydroxylation is 1. The highest BCUT2D eigenvalue weighted by molar-refractivity contribution is 7.17. The Morgan fingerprint density at radius 2 is 1.89 bits per heavy atom. The number of hydrogen-bond acceptors (Lipinski definition) is 4. The molecule has 0 aliphatic carbocycles. The largest absolute Gasteiger partial charge is 0.416 e. The van der Waals surface area contributed by atoms with Crippen LogP contribution < -0.4 is 5.32 Å². The van der Waals surface area contributed by atoms with Gasteiger partial charge in [-0.15, -0.1) is 11.3 Å². The van der Waals surface area contributed by atoms with Gasteiger partial charge in [0.25, 0.3) is 5.91 Å². The van der Waals surface area contributed by atoms with Crippen LogP contribution in [0.3, 0.4) is 0 Å². The molecule has 1 aromatic heterocycles. The summed E-state index contributed by atoms with van der Waals surface area (Å²) in [6, 6.07) is 5.01. The van der Waals surface area contributed by atoms with Gasteiger partial charge in [-0.05, 0) is 44.9 Å². The normalized spacial score (nSPS) is 16.3. The van der Waals surface area contributed by atoms with Crippen LogP contribution in [0.15, 0.2) is 24.3 Å². The Morgan fingerprint density at radius 1 is 1.25 bits per heavy atom. The minimum absolute atomic E-state index is 0.150. The van der Waals surface area contributed by atoms with Crippen LogP contribution in [0.4, 0.5) is 13.2 Å². The second-order valence-electron chi connectivity index (χ2n) is 7.10. The van der Waals surface area contributed by atoms with E-state index in [2.05, 4.69) is 22.1 Å². The predicted octanol–water partition coefficient (Wildman–Crippen LogP) is 4.74. The molecular formula is C20H24F3N3OS. The van der Waals surface area contributed by atoms with Crippen LogP contribution in [0.25, 0.3) is 10.6 Å². The van der Waals surface area contributed by atoms with Gasteiger partial charge in [0.1, 0.15) is 9.88 Å². The topological polar surface area (TPSA) is 45.2 Å². The van der Waals surface area contributed by atoms with Crippen molar-refractivity contribution in [1.82, 2.24) is 15.2 Å². The molecule has 1 aliphatic rings. The van der Waals surface area contributed by atoms with Crippen molar-refractivity contribution in [3.05, 3.63) is 40.4 Å². The minimum atomic E-state index is -4.37. The fourth-order valence-corrected chi connectivity index (χ4v) is 4.38. The second-order valence-corrected chi connectivity index (χ2v) is 8.10. The van der Waals surface area contributed by atoms with E-state index in [0.29, 0.717) is 21.1 Å². The van der Waals surface area contributed by atoms with Gasteiger partial charge in [0.15, 0.2) is 0 Å². The molecule has 1 amide bonds. The SMILES string of the molecule is CCCN1CCC(NC(=O)c2sc(-c3ccc(C(F)(F)F)cc3)nc2C)CC1. The number of aromatic nitrogens is 1. The van der Waals surface area contributed by atoms with E-state index in [1.54, 1.807) is 6.92 Å².